The maximum atomic E-state index is 11.4. The summed E-state index contributed by atoms with van der Waals surface area (Å²) in [4.78, 5) is 28.0. The van der Waals surface area contributed by atoms with Crippen molar-refractivity contribution >= 4 is 34.4 Å². The van der Waals surface area contributed by atoms with E-state index >= 15 is 0 Å². The number of carboxylic acid groups (broad SMARTS) is 1. The van der Waals surface area contributed by atoms with Gasteiger partial charge in [0.25, 0.3) is 0 Å². The number of hydrogen-bond acceptors (Lipinski definition) is 8. The van der Waals surface area contributed by atoms with E-state index in [1.54, 1.807) is 41.6 Å². The van der Waals surface area contributed by atoms with E-state index in [-0.39, 0.29) is 12.1 Å². The number of anilines is 3. The standard InChI is InChI=1S/C23H19N9O2/c24-10-14-1-2-18-19(7-14)32(29-22(18)28-20-11-25-5-6-26-20)15-3-4-27-21(9-15)30-12-17-8-16(30)13-31(17)23(33)34/h1-7,9,11,16-17H,8,12-13H2,(H,33,34)(H,26,28,29)/t16-,17-/m0/s1. The van der Waals surface area contributed by atoms with Crippen LogP contribution in [0.15, 0.2) is 55.1 Å². The highest BCUT2D eigenvalue weighted by Gasteiger charge is 2.45. The van der Waals surface area contributed by atoms with Crippen LogP contribution in [0.4, 0.5) is 22.2 Å². The van der Waals surface area contributed by atoms with Crippen molar-refractivity contribution in [2.75, 3.05) is 23.3 Å². The molecule has 5 heterocycles. The minimum Gasteiger partial charge on any atom is -0.465 e. The van der Waals surface area contributed by atoms with Crippen molar-refractivity contribution < 1.29 is 9.90 Å². The summed E-state index contributed by atoms with van der Waals surface area (Å²) >= 11 is 0. The van der Waals surface area contributed by atoms with E-state index in [2.05, 4.69) is 31.2 Å². The highest BCUT2D eigenvalue weighted by molar-refractivity contribution is 5.93. The summed E-state index contributed by atoms with van der Waals surface area (Å²) < 4.78 is 1.78. The number of carbonyl (C=O) groups is 1. The summed E-state index contributed by atoms with van der Waals surface area (Å²) in [5, 5.41) is 27.6. The van der Waals surface area contributed by atoms with Gasteiger partial charge < -0.3 is 20.2 Å². The van der Waals surface area contributed by atoms with Gasteiger partial charge in [-0.3, -0.25) is 4.98 Å². The number of aromatic nitrogens is 5. The molecule has 2 N–H and O–H groups in total. The van der Waals surface area contributed by atoms with Gasteiger partial charge in [0.05, 0.1) is 41.1 Å². The fourth-order valence-corrected chi connectivity index (χ4v) is 4.84. The van der Waals surface area contributed by atoms with Crippen LogP contribution in [0.25, 0.3) is 16.6 Å². The van der Waals surface area contributed by atoms with Gasteiger partial charge in [-0.05, 0) is 30.7 Å². The van der Waals surface area contributed by atoms with Crippen molar-refractivity contribution in [2.45, 2.75) is 18.5 Å². The van der Waals surface area contributed by atoms with Crippen LogP contribution in [0.2, 0.25) is 0 Å². The Hall–Kier alpha value is -4.72. The SMILES string of the molecule is N#Cc1ccc2c(Nc3cnccn3)nn(-c3ccnc(N4C[C@@H]5C[C@H]4CN5C(=O)O)c3)c2c1. The van der Waals surface area contributed by atoms with Crippen LogP contribution in [-0.2, 0) is 0 Å². The van der Waals surface area contributed by atoms with Crippen molar-refractivity contribution in [3.8, 4) is 11.8 Å². The van der Waals surface area contributed by atoms with Crippen LogP contribution < -0.4 is 10.2 Å². The van der Waals surface area contributed by atoms with Crippen molar-refractivity contribution in [1.82, 2.24) is 29.6 Å². The quantitative estimate of drug-likeness (QED) is 0.478. The third-order valence-corrected chi connectivity index (χ3v) is 6.37. The van der Waals surface area contributed by atoms with Crippen molar-refractivity contribution in [3.63, 3.8) is 0 Å². The number of piperazine rings is 1. The number of nitrogens with zero attached hydrogens (tertiary/aromatic N) is 8. The van der Waals surface area contributed by atoms with Gasteiger partial charge in [-0.25, -0.2) is 19.4 Å². The molecule has 2 saturated heterocycles. The van der Waals surface area contributed by atoms with Crippen molar-refractivity contribution in [2.24, 2.45) is 0 Å². The molecule has 0 aliphatic carbocycles. The molecule has 1 amide bonds. The molecule has 34 heavy (non-hydrogen) atoms. The van der Waals surface area contributed by atoms with E-state index in [4.69, 9.17) is 5.10 Å². The van der Waals surface area contributed by atoms with E-state index in [0.717, 1.165) is 28.8 Å². The average Bonchev–Trinajstić information content (AvgIpc) is 3.58. The third-order valence-electron chi connectivity index (χ3n) is 6.37. The Morgan fingerprint density at radius 3 is 2.76 bits per heavy atom. The highest BCUT2D eigenvalue weighted by Crippen LogP contribution is 2.35. The second kappa shape index (κ2) is 7.70. The molecule has 1 aromatic carbocycles. The summed E-state index contributed by atoms with van der Waals surface area (Å²) in [5.41, 5.74) is 2.08. The van der Waals surface area contributed by atoms with Gasteiger partial charge in [0, 0.05) is 43.1 Å². The van der Waals surface area contributed by atoms with Gasteiger partial charge in [-0.2, -0.15) is 5.26 Å². The van der Waals surface area contributed by atoms with Crippen molar-refractivity contribution in [1.29, 1.82) is 5.26 Å². The van der Waals surface area contributed by atoms with Gasteiger partial charge in [0.1, 0.15) is 11.6 Å². The van der Waals surface area contributed by atoms with Crippen LogP contribution >= 0.6 is 0 Å². The lowest BCUT2D eigenvalue weighted by Crippen LogP contribution is -2.48. The summed E-state index contributed by atoms with van der Waals surface area (Å²) in [6.45, 7) is 1.10. The Morgan fingerprint density at radius 2 is 2.03 bits per heavy atom. The molecule has 3 aromatic heterocycles. The first kappa shape index (κ1) is 19.9. The van der Waals surface area contributed by atoms with Gasteiger partial charge >= 0.3 is 6.09 Å². The molecule has 168 valence electrons. The predicted octanol–water partition coefficient (Wildman–Crippen LogP) is 2.77. The van der Waals surface area contributed by atoms with Gasteiger partial charge in [-0.1, -0.05) is 0 Å². The predicted molar refractivity (Wildman–Crippen MR) is 123 cm³/mol. The van der Waals surface area contributed by atoms with E-state index in [0.29, 0.717) is 30.3 Å². The molecule has 0 radical (unpaired) electrons. The highest BCUT2D eigenvalue weighted by atomic mass is 16.4. The molecular formula is C23H19N9O2. The Balaban J connectivity index is 1.39. The Morgan fingerprint density at radius 1 is 1.12 bits per heavy atom. The minimum absolute atomic E-state index is 0.0144. The number of nitriles is 1. The normalized spacial score (nSPS) is 18.9. The zero-order valence-corrected chi connectivity index (χ0v) is 17.9. The maximum Gasteiger partial charge on any atom is 0.407 e. The van der Waals surface area contributed by atoms with Gasteiger partial charge in [0.15, 0.2) is 5.82 Å². The number of benzene rings is 1. The average molecular weight is 453 g/mol. The summed E-state index contributed by atoms with van der Waals surface area (Å²) in [6, 6.07) is 11.5. The first-order valence-electron chi connectivity index (χ1n) is 10.8. The van der Waals surface area contributed by atoms with Crippen LogP contribution in [-0.4, -0.2) is 66.0 Å². The van der Waals surface area contributed by atoms with Crippen LogP contribution in [0, 0.1) is 11.3 Å². The molecule has 2 fully saturated rings. The van der Waals surface area contributed by atoms with E-state index in [1.807, 2.05) is 18.2 Å². The Bertz CT molecular complexity index is 1450. The molecule has 4 aromatic rings. The number of hydrogen-bond donors (Lipinski definition) is 2. The fraction of sp³-hybridized carbons (Fsp3) is 0.217. The zero-order chi connectivity index (χ0) is 23.2. The monoisotopic (exact) mass is 453 g/mol. The lowest BCUT2D eigenvalue weighted by Gasteiger charge is -2.33. The molecule has 0 spiro atoms. The van der Waals surface area contributed by atoms with Gasteiger partial charge in [-0.15, -0.1) is 5.10 Å². The number of amides is 1. The summed E-state index contributed by atoms with van der Waals surface area (Å²) in [7, 11) is 0. The first-order chi connectivity index (χ1) is 16.6. The van der Waals surface area contributed by atoms with Gasteiger partial charge in [0.2, 0.25) is 0 Å². The summed E-state index contributed by atoms with van der Waals surface area (Å²) in [6.07, 6.45) is 6.47. The lowest BCUT2D eigenvalue weighted by atomic mass is 10.1. The molecule has 6 rings (SSSR count). The second-order valence-electron chi connectivity index (χ2n) is 8.32. The number of fused-ring (bicyclic) bond motifs is 3. The largest absolute Gasteiger partial charge is 0.465 e. The molecule has 2 bridgehead atoms. The minimum atomic E-state index is -0.867. The first-order valence-corrected chi connectivity index (χ1v) is 10.8. The second-order valence-corrected chi connectivity index (χ2v) is 8.32. The molecule has 2 atom stereocenters. The number of likely N-dealkylation sites (tertiary alicyclic amines) is 1. The number of pyridine rings is 1. The fourth-order valence-electron chi connectivity index (χ4n) is 4.84. The Kier molecular flexibility index (Phi) is 4.51. The lowest BCUT2D eigenvalue weighted by molar-refractivity contribution is 0.137. The molecule has 11 nitrogen and oxygen atoms in total. The third kappa shape index (κ3) is 3.24. The molecule has 11 heteroatoms. The van der Waals surface area contributed by atoms with Crippen LogP contribution in [0.3, 0.4) is 0 Å². The van der Waals surface area contributed by atoms with Crippen LogP contribution in [0.5, 0.6) is 0 Å². The molecule has 2 aliphatic rings. The molecule has 0 saturated carbocycles. The zero-order valence-electron chi connectivity index (χ0n) is 17.9. The van der Waals surface area contributed by atoms with Crippen LogP contribution in [0.1, 0.15) is 12.0 Å². The maximum absolute atomic E-state index is 11.4. The topological polar surface area (TPSA) is 136 Å². The molecule has 2 aliphatic heterocycles. The number of nitrogens with one attached hydrogen (secondary N) is 1. The molecule has 0 unspecified atom stereocenters. The summed E-state index contributed by atoms with van der Waals surface area (Å²) in [5.74, 6) is 1.93. The van der Waals surface area contributed by atoms with Crippen molar-refractivity contribution in [3.05, 3.63) is 60.7 Å². The Labute approximate surface area is 193 Å². The van der Waals surface area contributed by atoms with E-state index in [9.17, 15) is 15.2 Å². The molecular weight excluding hydrogens is 434 g/mol. The number of rotatable bonds is 4. The smallest absolute Gasteiger partial charge is 0.407 e. The van der Waals surface area contributed by atoms with E-state index < -0.39 is 6.09 Å². The van der Waals surface area contributed by atoms with E-state index in [1.165, 1.54) is 4.90 Å².